The predicted octanol–water partition coefficient (Wildman–Crippen LogP) is 6.21. The van der Waals surface area contributed by atoms with E-state index in [1.807, 2.05) is 19.2 Å². The first-order chi connectivity index (χ1) is 11.0. The van der Waals surface area contributed by atoms with Crippen LogP contribution < -0.4 is 0 Å². The number of rotatable bonds is 9. The van der Waals surface area contributed by atoms with Gasteiger partial charge >= 0.3 is 0 Å². The predicted molar refractivity (Wildman–Crippen MR) is 117 cm³/mol. The zero-order chi connectivity index (χ0) is 20.3. The lowest BCUT2D eigenvalue weighted by atomic mass is 9.82. The largest absolute Gasteiger partial charge is 0.432 e. The maximum atomic E-state index is 10.7. The fourth-order valence-corrected chi connectivity index (χ4v) is 4.75. The summed E-state index contributed by atoms with van der Waals surface area (Å²) in [6.07, 6.45) is 9.26. The summed E-state index contributed by atoms with van der Waals surface area (Å²) in [5.74, 6) is 3.37. The summed E-state index contributed by atoms with van der Waals surface area (Å²) in [6, 6.07) is 0. The Hall–Kier alpha value is -0.346. The SMILES string of the molecule is C#CC[C@@H](O[Si](C)(C)C(C)(C)C)[C@H](C)[C@@H](C=C)CC(C)(C)[Si](C)(C)O. The average Bonchev–Trinajstić information content (AvgIpc) is 2.40. The first-order valence-corrected chi connectivity index (χ1v) is 15.3. The molecule has 3 atom stereocenters. The number of hydrogen-bond acceptors (Lipinski definition) is 2. The zero-order valence-corrected chi connectivity index (χ0v) is 20.4. The van der Waals surface area contributed by atoms with Crippen molar-refractivity contribution in [2.24, 2.45) is 11.8 Å². The molecule has 0 unspecified atom stereocenters. The van der Waals surface area contributed by atoms with Gasteiger partial charge < -0.3 is 9.22 Å². The van der Waals surface area contributed by atoms with Crippen molar-refractivity contribution >= 4 is 16.6 Å². The van der Waals surface area contributed by atoms with Crippen molar-refractivity contribution < 1.29 is 9.22 Å². The molecule has 4 heteroatoms. The fraction of sp³-hybridized carbons (Fsp3) is 0.810. The molecule has 0 aliphatic carbocycles. The third kappa shape index (κ3) is 6.71. The summed E-state index contributed by atoms with van der Waals surface area (Å²) < 4.78 is 6.68. The molecular formula is C21H42O2Si2. The van der Waals surface area contributed by atoms with Crippen molar-refractivity contribution in [1.82, 2.24) is 0 Å². The Morgan fingerprint density at radius 1 is 1.16 bits per heavy atom. The van der Waals surface area contributed by atoms with Crippen molar-refractivity contribution in [3.8, 4) is 12.3 Å². The Bertz CT molecular complexity index is 476. The molecule has 0 saturated carbocycles. The van der Waals surface area contributed by atoms with E-state index >= 15 is 0 Å². The lowest BCUT2D eigenvalue weighted by molar-refractivity contribution is 0.101. The van der Waals surface area contributed by atoms with Gasteiger partial charge in [-0.25, -0.2) is 0 Å². The second kappa shape index (κ2) is 8.56. The molecule has 146 valence electrons. The van der Waals surface area contributed by atoms with Crippen LogP contribution in [0.3, 0.4) is 0 Å². The van der Waals surface area contributed by atoms with Crippen molar-refractivity contribution in [3.05, 3.63) is 12.7 Å². The summed E-state index contributed by atoms with van der Waals surface area (Å²) in [5.41, 5.74) is 0. The molecule has 0 amide bonds. The van der Waals surface area contributed by atoms with Crippen LogP contribution in [0.1, 0.15) is 54.4 Å². The van der Waals surface area contributed by atoms with Crippen LogP contribution >= 0.6 is 0 Å². The smallest absolute Gasteiger partial charge is 0.192 e. The summed E-state index contributed by atoms with van der Waals surface area (Å²) in [4.78, 5) is 10.7. The molecule has 2 nitrogen and oxygen atoms in total. The van der Waals surface area contributed by atoms with Crippen molar-refractivity contribution in [1.29, 1.82) is 0 Å². The van der Waals surface area contributed by atoms with Gasteiger partial charge in [-0.05, 0) is 54.5 Å². The third-order valence-corrected chi connectivity index (χ3v) is 14.6. The monoisotopic (exact) mass is 382 g/mol. The van der Waals surface area contributed by atoms with Gasteiger partial charge in [0.25, 0.3) is 0 Å². The Morgan fingerprint density at radius 3 is 1.96 bits per heavy atom. The molecule has 0 aliphatic rings. The third-order valence-electron chi connectivity index (χ3n) is 6.54. The quantitative estimate of drug-likeness (QED) is 0.292. The van der Waals surface area contributed by atoms with E-state index in [2.05, 4.69) is 67.1 Å². The molecule has 0 spiro atoms. The van der Waals surface area contributed by atoms with Crippen LogP contribution in [-0.4, -0.2) is 27.5 Å². The highest BCUT2D eigenvalue weighted by Gasteiger charge is 2.43. The molecule has 0 fully saturated rings. The molecule has 0 aromatic carbocycles. The van der Waals surface area contributed by atoms with Gasteiger partial charge in [-0.2, -0.15) is 0 Å². The van der Waals surface area contributed by atoms with Crippen LogP contribution in [-0.2, 0) is 4.43 Å². The molecular weight excluding hydrogens is 340 g/mol. The maximum absolute atomic E-state index is 10.7. The van der Waals surface area contributed by atoms with Gasteiger partial charge in [0.05, 0.1) is 6.10 Å². The Balaban J connectivity index is 5.47. The summed E-state index contributed by atoms with van der Waals surface area (Å²) >= 11 is 0. The first kappa shape index (κ1) is 24.7. The van der Waals surface area contributed by atoms with Crippen LogP contribution in [0.5, 0.6) is 0 Å². The van der Waals surface area contributed by atoms with E-state index in [-0.39, 0.29) is 28.0 Å². The normalized spacial score (nSPS) is 17.5. The number of terminal acetylenes is 1. The number of allylic oxidation sites excluding steroid dienone is 1. The minimum atomic E-state index is -2.26. The highest BCUT2D eigenvalue weighted by Crippen LogP contribution is 2.45. The molecule has 0 aromatic rings. The Labute approximate surface area is 159 Å². The van der Waals surface area contributed by atoms with E-state index in [0.29, 0.717) is 6.42 Å². The van der Waals surface area contributed by atoms with E-state index in [9.17, 15) is 4.80 Å². The second-order valence-corrected chi connectivity index (χ2v) is 19.5. The minimum absolute atomic E-state index is 0.0353. The molecule has 0 radical (unpaired) electrons. The summed E-state index contributed by atoms with van der Waals surface area (Å²) in [5, 5.41) is 0.0697. The standard InChI is InChI=1S/C21H42O2Si2/c1-13-15-19(23-25(11,12)20(4,5)6)17(3)18(14-2)16-21(7,8)24(9,10)22/h1,14,17-19,22H,2,15-16H2,3-12H3/t17-,18+,19-/m1/s1. The number of hydrogen-bond donors (Lipinski definition) is 1. The topological polar surface area (TPSA) is 29.5 Å². The molecule has 25 heavy (non-hydrogen) atoms. The molecule has 0 aromatic heterocycles. The van der Waals surface area contributed by atoms with E-state index in [0.717, 1.165) is 6.42 Å². The van der Waals surface area contributed by atoms with Crippen molar-refractivity contribution in [2.45, 2.75) is 96.8 Å². The van der Waals surface area contributed by atoms with Gasteiger partial charge in [-0.3, -0.25) is 0 Å². The summed E-state index contributed by atoms with van der Waals surface area (Å²) in [7, 11) is -4.15. The van der Waals surface area contributed by atoms with Gasteiger partial charge in [-0.1, -0.05) is 47.6 Å². The highest BCUT2D eigenvalue weighted by molar-refractivity contribution is 6.74. The van der Waals surface area contributed by atoms with Crippen molar-refractivity contribution in [3.63, 3.8) is 0 Å². The van der Waals surface area contributed by atoms with Gasteiger partial charge in [0.15, 0.2) is 16.6 Å². The molecule has 0 bridgehead atoms. The van der Waals surface area contributed by atoms with Gasteiger partial charge in [-0.15, -0.1) is 18.9 Å². The van der Waals surface area contributed by atoms with E-state index in [4.69, 9.17) is 10.8 Å². The summed E-state index contributed by atoms with van der Waals surface area (Å²) in [6.45, 7) is 26.0. The van der Waals surface area contributed by atoms with Crippen LogP contribution in [0.2, 0.25) is 36.3 Å². The molecule has 0 heterocycles. The minimum Gasteiger partial charge on any atom is -0.432 e. The molecule has 1 N–H and O–H groups in total. The van der Waals surface area contributed by atoms with Crippen LogP contribution in [0.25, 0.3) is 0 Å². The lowest BCUT2D eigenvalue weighted by Gasteiger charge is -2.43. The Morgan fingerprint density at radius 2 is 1.64 bits per heavy atom. The van der Waals surface area contributed by atoms with E-state index < -0.39 is 16.6 Å². The molecule has 0 aliphatic heterocycles. The molecule has 0 rings (SSSR count). The van der Waals surface area contributed by atoms with Gasteiger partial charge in [0, 0.05) is 6.42 Å². The average molecular weight is 383 g/mol. The van der Waals surface area contributed by atoms with Crippen molar-refractivity contribution in [2.75, 3.05) is 0 Å². The zero-order valence-electron chi connectivity index (χ0n) is 18.4. The maximum Gasteiger partial charge on any atom is 0.192 e. The van der Waals surface area contributed by atoms with E-state index in [1.54, 1.807) is 0 Å². The van der Waals surface area contributed by atoms with Gasteiger partial charge in [0.1, 0.15) is 0 Å². The second-order valence-electron chi connectivity index (χ2n) is 10.2. The molecule has 0 saturated heterocycles. The van der Waals surface area contributed by atoms with Crippen LogP contribution in [0, 0.1) is 24.2 Å². The van der Waals surface area contributed by atoms with Crippen LogP contribution in [0.4, 0.5) is 0 Å². The first-order valence-electron chi connectivity index (χ1n) is 9.46. The van der Waals surface area contributed by atoms with Gasteiger partial charge in [0.2, 0.25) is 0 Å². The Kier molecular flexibility index (Phi) is 8.44. The van der Waals surface area contributed by atoms with Crippen LogP contribution in [0.15, 0.2) is 12.7 Å². The lowest BCUT2D eigenvalue weighted by Crippen LogP contribution is -2.47. The highest BCUT2D eigenvalue weighted by atomic mass is 28.4. The fourth-order valence-electron chi connectivity index (χ4n) is 2.60. The van der Waals surface area contributed by atoms with E-state index in [1.165, 1.54) is 0 Å².